The molecule has 2 heteroatoms. The van der Waals surface area contributed by atoms with E-state index in [-0.39, 0.29) is 5.82 Å². The van der Waals surface area contributed by atoms with E-state index in [1.54, 1.807) is 12.1 Å². The van der Waals surface area contributed by atoms with E-state index in [0.717, 1.165) is 5.56 Å². The molecule has 0 amide bonds. The fraction of sp³-hybridized carbons (Fsp3) is 0.250. The third kappa shape index (κ3) is 1.60. The summed E-state index contributed by atoms with van der Waals surface area (Å²) in [5, 5.41) is 0. The van der Waals surface area contributed by atoms with Crippen LogP contribution in [0.15, 0.2) is 24.3 Å². The molecule has 0 aliphatic heterocycles. The van der Waals surface area contributed by atoms with Crippen LogP contribution in [0, 0.1) is 5.82 Å². The van der Waals surface area contributed by atoms with Crippen molar-refractivity contribution in [1.82, 2.24) is 0 Å². The van der Waals surface area contributed by atoms with E-state index in [9.17, 15) is 4.39 Å². The van der Waals surface area contributed by atoms with Gasteiger partial charge in [0.2, 0.25) is 0 Å². The van der Waals surface area contributed by atoms with Crippen LogP contribution in [-0.4, -0.2) is 7.28 Å². The smallest absolute Gasteiger partial charge is 0.125 e. The van der Waals surface area contributed by atoms with Crippen LogP contribution >= 0.6 is 0 Å². The second-order valence-electron chi connectivity index (χ2n) is 2.20. The van der Waals surface area contributed by atoms with E-state index >= 15 is 0 Å². The lowest BCUT2D eigenvalue weighted by Crippen LogP contribution is -1.93. The average Bonchev–Trinajstić information content (AvgIpc) is 1.94. The number of hydrogen-bond acceptors (Lipinski definition) is 0. The number of halogens is 1. The Morgan fingerprint density at radius 3 is 2.70 bits per heavy atom. The van der Waals surface area contributed by atoms with Gasteiger partial charge in [0, 0.05) is 0 Å². The Balaban J connectivity index is 2.81. The fourth-order valence-corrected chi connectivity index (χ4v) is 0.884. The molecule has 0 unspecified atom stereocenters. The predicted octanol–water partition coefficient (Wildman–Crippen LogP) is 2.08. The molecule has 0 atom stereocenters. The first-order valence-corrected chi connectivity index (χ1v) is 3.36. The zero-order valence-corrected chi connectivity index (χ0v) is 5.97. The molecule has 0 bridgehead atoms. The molecule has 0 aromatic heterocycles. The second-order valence-corrected chi connectivity index (χ2v) is 2.20. The van der Waals surface area contributed by atoms with Crippen molar-refractivity contribution in [3.63, 3.8) is 0 Å². The first kappa shape index (κ1) is 7.32. The Hall–Kier alpha value is -0.785. The minimum atomic E-state index is -0.111. The van der Waals surface area contributed by atoms with E-state index in [1.807, 2.05) is 20.2 Å². The Bertz CT molecular complexity index is 210. The Labute approximate surface area is 61.3 Å². The summed E-state index contributed by atoms with van der Waals surface area (Å²) < 4.78 is 12.8. The van der Waals surface area contributed by atoms with Gasteiger partial charge in [0.25, 0.3) is 0 Å². The topological polar surface area (TPSA) is 0 Å². The van der Waals surface area contributed by atoms with Crippen LogP contribution in [0.1, 0.15) is 5.56 Å². The van der Waals surface area contributed by atoms with Gasteiger partial charge >= 0.3 is 0 Å². The van der Waals surface area contributed by atoms with Crippen molar-refractivity contribution in [1.29, 1.82) is 0 Å². The highest BCUT2D eigenvalue weighted by Gasteiger charge is 1.96. The maximum absolute atomic E-state index is 12.8. The minimum Gasteiger partial charge on any atom is -0.207 e. The maximum atomic E-state index is 12.8. The Morgan fingerprint density at radius 2 is 2.10 bits per heavy atom. The summed E-state index contributed by atoms with van der Waals surface area (Å²) in [6.07, 6.45) is 0.715. The molecule has 0 saturated carbocycles. The monoisotopic (exact) mass is 135 g/mol. The lowest BCUT2D eigenvalue weighted by molar-refractivity contribution is 0.617. The van der Waals surface area contributed by atoms with Crippen LogP contribution in [0.3, 0.4) is 0 Å². The van der Waals surface area contributed by atoms with Gasteiger partial charge in [0.15, 0.2) is 0 Å². The predicted molar refractivity (Wildman–Crippen MR) is 41.7 cm³/mol. The highest BCUT2D eigenvalue weighted by atomic mass is 19.1. The van der Waals surface area contributed by atoms with Gasteiger partial charge in [-0.2, -0.15) is 0 Å². The molecule has 0 spiro atoms. The van der Waals surface area contributed by atoms with Crippen LogP contribution in [0.5, 0.6) is 0 Å². The minimum absolute atomic E-state index is 0.111. The molecule has 1 rings (SSSR count). The average molecular weight is 135 g/mol. The summed E-state index contributed by atoms with van der Waals surface area (Å²) in [5.41, 5.74) is 0.769. The second kappa shape index (κ2) is 3.40. The zero-order chi connectivity index (χ0) is 7.40. The molecular formula is C8H9BF. The van der Waals surface area contributed by atoms with Crippen molar-refractivity contribution in [2.24, 2.45) is 0 Å². The maximum Gasteiger partial charge on any atom is 0.125 e. The highest BCUT2D eigenvalue weighted by Crippen LogP contribution is 2.05. The fourth-order valence-electron chi connectivity index (χ4n) is 0.884. The summed E-state index contributed by atoms with van der Waals surface area (Å²) in [4.78, 5) is 0. The first-order chi connectivity index (χ1) is 4.84. The van der Waals surface area contributed by atoms with Crippen molar-refractivity contribution in [2.75, 3.05) is 0 Å². The van der Waals surface area contributed by atoms with Crippen molar-refractivity contribution >= 4 is 7.28 Å². The number of hydrogen-bond donors (Lipinski definition) is 0. The van der Waals surface area contributed by atoms with Gasteiger partial charge < -0.3 is 0 Å². The first-order valence-electron chi connectivity index (χ1n) is 3.36. The largest absolute Gasteiger partial charge is 0.207 e. The lowest BCUT2D eigenvalue weighted by atomic mass is 9.75. The molecule has 0 saturated heterocycles. The molecule has 51 valence electrons. The molecule has 10 heavy (non-hydrogen) atoms. The van der Waals surface area contributed by atoms with Crippen LogP contribution in [-0.2, 0) is 6.32 Å². The van der Waals surface area contributed by atoms with Crippen molar-refractivity contribution < 1.29 is 4.39 Å². The lowest BCUT2D eigenvalue weighted by Gasteiger charge is -1.97. The van der Waals surface area contributed by atoms with Gasteiger partial charge in [0.05, 0.1) is 0 Å². The van der Waals surface area contributed by atoms with Crippen LogP contribution < -0.4 is 0 Å². The molecule has 1 radical (unpaired) electrons. The van der Waals surface area contributed by atoms with Gasteiger partial charge in [0.1, 0.15) is 13.1 Å². The Kier molecular flexibility index (Phi) is 2.49. The molecule has 0 aliphatic rings. The van der Waals surface area contributed by atoms with Crippen molar-refractivity contribution in [3.8, 4) is 0 Å². The highest BCUT2D eigenvalue weighted by molar-refractivity contribution is 6.32. The number of rotatable bonds is 2. The SMILES string of the molecule is C[B]Cc1ccccc1F. The summed E-state index contributed by atoms with van der Waals surface area (Å²) >= 11 is 0. The normalized spacial score (nSPS) is 9.40. The van der Waals surface area contributed by atoms with Gasteiger partial charge in [-0.15, -0.1) is 0 Å². The quantitative estimate of drug-likeness (QED) is 0.544. The number of benzene rings is 1. The van der Waals surface area contributed by atoms with Crippen LogP contribution in [0.25, 0.3) is 0 Å². The molecule has 0 heterocycles. The van der Waals surface area contributed by atoms with Gasteiger partial charge in [-0.3, -0.25) is 0 Å². The van der Waals surface area contributed by atoms with Gasteiger partial charge in [-0.25, -0.2) is 4.39 Å². The standard InChI is InChI=1S/C8H9BF/c1-9-6-7-4-2-3-5-8(7)10/h2-5H,6H2,1H3. The molecule has 0 N–H and O–H groups in total. The summed E-state index contributed by atoms with van der Waals surface area (Å²) in [5.74, 6) is -0.111. The van der Waals surface area contributed by atoms with E-state index in [2.05, 4.69) is 0 Å². The van der Waals surface area contributed by atoms with E-state index < -0.39 is 0 Å². The summed E-state index contributed by atoms with van der Waals surface area (Å²) in [6.45, 7) is 1.92. The van der Waals surface area contributed by atoms with E-state index in [0.29, 0.717) is 6.32 Å². The molecule has 0 fully saturated rings. The zero-order valence-electron chi connectivity index (χ0n) is 5.97. The molecule has 0 nitrogen and oxygen atoms in total. The Morgan fingerprint density at radius 1 is 1.40 bits per heavy atom. The summed E-state index contributed by atoms with van der Waals surface area (Å²) in [7, 11) is 1.94. The van der Waals surface area contributed by atoms with E-state index in [4.69, 9.17) is 0 Å². The molecular weight excluding hydrogens is 126 g/mol. The summed E-state index contributed by atoms with van der Waals surface area (Å²) in [6, 6.07) is 6.84. The van der Waals surface area contributed by atoms with Crippen LogP contribution in [0.2, 0.25) is 6.82 Å². The van der Waals surface area contributed by atoms with Crippen LogP contribution in [0.4, 0.5) is 4.39 Å². The van der Waals surface area contributed by atoms with Crippen molar-refractivity contribution in [2.45, 2.75) is 13.1 Å². The third-order valence-electron chi connectivity index (χ3n) is 1.38. The molecule has 0 aliphatic carbocycles. The van der Waals surface area contributed by atoms with Gasteiger partial charge in [-0.1, -0.05) is 31.3 Å². The van der Waals surface area contributed by atoms with Gasteiger partial charge in [-0.05, 0) is 11.6 Å². The van der Waals surface area contributed by atoms with Crippen molar-refractivity contribution in [3.05, 3.63) is 35.6 Å². The van der Waals surface area contributed by atoms with E-state index in [1.165, 1.54) is 6.07 Å². The molecule has 1 aromatic rings. The molecule has 1 aromatic carbocycles. The third-order valence-corrected chi connectivity index (χ3v) is 1.38.